The Morgan fingerprint density at radius 1 is 1.15 bits per heavy atom. The molecular formula is C23H33N3O. The SMILES string of the molecule is OC1CCN(CC(Cc2c[nH]c3ccccc23)NCC2CC=CCC2)CC1. The molecular weight excluding hydrogens is 334 g/mol. The normalized spacial score (nSPS) is 23.1. The third-order valence-corrected chi connectivity index (χ3v) is 6.25. The second-order valence-electron chi connectivity index (χ2n) is 8.35. The molecule has 2 aliphatic rings. The number of para-hydroxylation sites is 1. The summed E-state index contributed by atoms with van der Waals surface area (Å²) in [4.78, 5) is 5.95. The number of hydrogen-bond acceptors (Lipinski definition) is 3. The van der Waals surface area contributed by atoms with Crippen molar-refractivity contribution in [3.63, 3.8) is 0 Å². The molecule has 4 rings (SSSR count). The number of nitrogens with zero attached hydrogens (tertiary/aromatic N) is 1. The zero-order valence-corrected chi connectivity index (χ0v) is 16.2. The molecule has 0 radical (unpaired) electrons. The van der Waals surface area contributed by atoms with E-state index in [4.69, 9.17) is 0 Å². The lowest BCUT2D eigenvalue weighted by atomic mass is 9.93. The second-order valence-corrected chi connectivity index (χ2v) is 8.35. The van der Waals surface area contributed by atoms with E-state index in [0.29, 0.717) is 6.04 Å². The number of benzene rings is 1. The van der Waals surface area contributed by atoms with Crippen LogP contribution in [0.25, 0.3) is 10.9 Å². The van der Waals surface area contributed by atoms with Crippen LogP contribution >= 0.6 is 0 Å². The summed E-state index contributed by atoms with van der Waals surface area (Å²) < 4.78 is 0. The number of piperidine rings is 1. The molecule has 1 fully saturated rings. The molecule has 4 nitrogen and oxygen atoms in total. The van der Waals surface area contributed by atoms with Crippen LogP contribution < -0.4 is 5.32 Å². The molecule has 1 aliphatic carbocycles. The molecule has 1 aliphatic heterocycles. The van der Waals surface area contributed by atoms with E-state index in [1.165, 1.54) is 35.7 Å². The quantitative estimate of drug-likeness (QED) is 0.657. The van der Waals surface area contributed by atoms with Crippen LogP contribution in [-0.4, -0.2) is 53.3 Å². The number of aromatic nitrogens is 1. The van der Waals surface area contributed by atoms with Crippen molar-refractivity contribution in [3.05, 3.63) is 48.2 Å². The van der Waals surface area contributed by atoms with Gasteiger partial charge in [0.25, 0.3) is 0 Å². The van der Waals surface area contributed by atoms with Gasteiger partial charge in [0.2, 0.25) is 0 Å². The average molecular weight is 368 g/mol. The molecule has 0 spiro atoms. The first-order valence-corrected chi connectivity index (χ1v) is 10.6. The van der Waals surface area contributed by atoms with E-state index >= 15 is 0 Å². The minimum atomic E-state index is -0.102. The second kappa shape index (κ2) is 9.05. The summed E-state index contributed by atoms with van der Waals surface area (Å²) in [5, 5.41) is 15.1. The molecule has 1 saturated heterocycles. The fourth-order valence-electron chi connectivity index (χ4n) is 4.56. The van der Waals surface area contributed by atoms with E-state index in [9.17, 15) is 5.11 Å². The minimum absolute atomic E-state index is 0.102. The van der Waals surface area contributed by atoms with E-state index in [-0.39, 0.29) is 6.10 Å². The number of hydrogen-bond donors (Lipinski definition) is 3. The number of allylic oxidation sites excluding steroid dienone is 2. The molecule has 146 valence electrons. The number of aliphatic hydroxyl groups is 1. The van der Waals surface area contributed by atoms with Gasteiger partial charge in [-0.2, -0.15) is 0 Å². The van der Waals surface area contributed by atoms with Gasteiger partial charge in [0.05, 0.1) is 6.10 Å². The van der Waals surface area contributed by atoms with Crippen molar-refractivity contribution < 1.29 is 5.11 Å². The Hall–Kier alpha value is -1.62. The van der Waals surface area contributed by atoms with Gasteiger partial charge in [-0.25, -0.2) is 0 Å². The van der Waals surface area contributed by atoms with Gasteiger partial charge in [-0.3, -0.25) is 0 Å². The number of aromatic amines is 1. The van der Waals surface area contributed by atoms with Gasteiger partial charge < -0.3 is 20.3 Å². The summed E-state index contributed by atoms with van der Waals surface area (Å²) in [5.74, 6) is 0.767. The standard InChI is InChI=1S/C23H33N3O/c27-21-10-12-26(13-11-21)17-20(24-15-18-6-2-1-3-7-18)14-19-16-25-23-9-5-4-8-22(19)23/h1-2,4-5,8-9,16,18,20-21,24-25,27H,3,6-7,10-15,17H2. The van der Waals surface area contributed by atoms with Crippen LogP contribution in [0.2, 0.25) is 0 Å². The number of rotatable bonds is 7. The van der Waals surface area contributed by atoms with Gasteiger partial charge in [-0.05, 0) is 62.6 Å². The van der Waals surface area contributed by atoms with Crippen LogP contribution in [0.1, 0.15) is 37.7 Å². The Labute approximate surface area is 162 Å². The zero-order valence-electron chi connectivity index (χ0n) is 16.2. The van der Waals surface area contributed by atoms with Crippen LogP contribution in [0.3, 0.4) is 0 Å². The van der Waals surface area contributed by atoms with Crippen molar-refractivity contribution in [2.75, 3.05) is 26.2 Å². The van der Waals surface area contributed by atoms with Crippen molar-refractivity contribution in [2.24, 2.45) is 5.92 Å². The van der Waals surface area contributed by atoms with E-state index in [1.54, 1.807) is 0 Å². The van der Waals surface area contributed by atoms with E-state index in [1.807, 2.05) is 0 Å². The first kappa shape index (κ1) is 18.7. The lowest BCUT2D eigenvalue weighted by molar-refractivity contribution is 0.0774. The van der Waals surface area contributed by atoms with Gasteiger partial charge in [0.15, 0.2) is 0 Å². The smallest absolute Gasteiger partial charge is 0.0564 e. The lowest BCUT2D eigenvalue weighted by Gasteiger charge is -2.33. The number of aliphatic hydroxyl groups excluding tert-OH is 1. The molecule has 1 aromatic heterocycles. The number of fused-ring (bicyclic) bond motifs is 1. The monoisotopic (exact) mass is 367 g/mol. The van der Waals surface area contributed by atoms with E-state index in [2.05, 4.69) is 57.8 Å². The lowest BCUT2D eigenvalue weighted by Crippen LogP contribution is -2.47. The Morgan fingerprint density at radius 3 is 2.81 bits per heavy atom. The molecule has 2 unspecified atom stereocenters. The molecule has 0 bridgehead atoms. The van der Waals surface area contributed by atoms with Crippen LogP contribution in [0.15, 0.2) is 42.6 Å². The average Bonchev–Trinajstić information content (AvgIpc) is 3.12. The molecule has 2 heterocycles. The van der Waals surface area contributed by atoms with Crippen molar-refractivity contribution in [1.29, 1.82) is 0 Å². The summed E-state index contributed by atoms with van der Waals surface area (Å²) in [7, 11) is 0. The molecule has 4 heteroatoms. The highest BCUT2D eigenvalue weighted by atomic mass is 16.3. The summed E-state index contributed by atoms with van der Waals surface area (Å²) in [6.45, 7) is 4.20. The van der Waals surface area contributed by atoms with Crippen LogP contribution in [0.5, 0.6) is 0 Å². The highest BCUT2D eigenvalue weighted by Crippen LogP contribution is 2.21. The Bertz CT molecular complexity index is 745. The van der Waals surface area contributed by atoms with Gasteiger partial charge in [0, 0.05) is 42.8 Å². The van der Waals surface area contributed by atoms with Crippen LogP contribution in [-0.2, 0) is 6.42 Å². The third kappa shape index (κ3) is 5.01. The van der Waals surface area contributed by atoms with Crippen LogP contribution in [0, 0.1) is 5.92 Å². The predicted molar refractivity (Wildman–Crippen MR) is 112 cm³/mol. The highest BCUT2D eigenvalue weighted by Gasteiger charge is 2.22. The number of likely N-dealkylation sites (tertiary alicyclic amines) is 1. The van der Waals surface area contributed by atoms with Crippen molar-refractivity contribution in [1.82, 2.24) is 15.2 Å². The molecule has 0 saturated carbocycles. The Kier molecular flexibility index (Phi) is 6.28. The fourth-order valence-corrected chi connectivity index (χ4v) is 4.56. The van der Waals surface area contributed by atoms with E-state index in [0.717, 1.165) is 51.4 Å². The molecule has 3 N–H and O–H groups in total. The summed E-state index contributed by atoms with van der Waals surface area (Å²) >= 11 is 0. The van der Waals surface area contributed by atoms with Crippen LogP contribution in [0.4, 0.5) is 0 Å². The van der Waals surface area contributed by atoms with Gasteiger partial charge in [0.1, 0.15) is 0 Å². The number of H-pyrrole nitrogens is 1. The van der Waals surface area contributed by atoms with Crippen molar-refractivity contribution in [2.45, 2.75) is 50.7 Å². The van der Waals surface area contributed by atoms with Gasteiger partial charge >= 0.3 is 0 Å². The van der Waals surface area contributed by atoms with Gasteiger partial charge in [-0.15, -0.1) is 0 Å². The Balaban J connectivity index is 1.42. The Morgan fingerprint density at radius 2 is 2.00 bits per heavy atom. The molecule has 1 aromatic carbocycles. The summed E-state index contributed by atoms with van der Waals surface area (Å²) in [6.07, 6.45) is 13.4. The highest BCUT2D eigenvalue weighted by molar-refractivity contribution is 5.83. The first-order valence-electron chi connectivity index (χ1n) is 10.6. The maximum atomic E-state index is 9.81. The molecule has 27 heavy (non-hydrogen) atoms. The van der Waals surface area contributed by atoms with Crippen molar-refractivity contribution in [3.8, 4) is 0 Å². The summed E-state index contributed by atoms with van der Waals surface area (Å²) in [5.41, 5.74) is 2.63. The third-order valence-electron chi connectivity index (χ3n) is 6.25. The minimum Gasteiger partial charge on any atom is -0.393 e. The van der Waals surface area contributed by atoms with Gasteiger partial charge in [-0.1, -0.05) is 30.4 Å². The zero-order chi connectivity index (χ0) is 18.5. The predicted octanol–water partition coefficient (Wildman–Crippen LogP) is 3.48. The first-order chi connectivity index (χ1) is 13.3. The number of nitrogens with one attached hydrogen (secondary N) is 2. The van der Waals surface area contributed by atoms with E-state index < -0.39 is 0 Å². The maximum absolute atomic E-state index is 9.81. The summed E-state index contributed by atoms with van der Waals surface area (Å²) in [6, 6.07) is 9.05. The molecule has 0 amide bonds. The molecule has 2 aromatic rings. The topological polar surface area (TPSA) is 51.3 Å². The largest absolute Gasteiger partial charge is 0.393 e. The molecule has 2 atom stereocenters. The van der Waals surface area contributed by atoms with Crippen molar-refractivity contribution >= 4 is 10.9 Å². The fraction of sp³-hybridized carbons (Fsp3) is 0.565. The maximum Gasteiger partial charge on any atom is 0.0564 e.